The minimum absolute atomic E-state index is 0.0930. The number of carbonyl (C=O) groups excluding carboxylic acids is 1. The van der Waals surface area contributed by atoms with Crippen LogP contribution in [0.5, 0.6) is 0 Å². The maximum absolute atomic E-state index is 12.9. The number of amides is 1. The van der Waals surface area contributed by atoms with Gasteiger partial charge in [0.25, 0.3) is 36.3 Å². The van der Waals surface area contributed by atoms with Gasteiger partial charge < -0.3 is 10.4 Å². The van der Waals surface area contributed by atoms with Crippen molar-refractivity contribution in [1.29, 1.82) is 0 Å². The second-order valence-electron chi connectivity index (χ2n) is 6.69. The highest BCUT2D eigenvalue weighted by atomic mass is 32.2. The molecule has 34 heavy (non-hydrogen) atoms. The van der Waals surface area contributed by atoms with Crippen LogP contribution in [-0.4, -0.2) is 55.9 Å². The van der Waals surface area contributed by atoms with Crippen LogP contribution < -0.4 is 5.32 Å². The van der Waals surface area contributed by atoms with Gasteiger partial charge in [0.1, 0.15) is 14.7 Å². The summed E-state index contributed by atoms with van der Waals surface area (Å²) in [4.78, 5) is 21.0. The molecular weight excluding hydrogens is 518 g/mol. The van der Waals surface area contributed by atoms with Crippen molar-refractivity contribution in [2.45, 2.75) is 14.7 Å². The van der Waals surface area contributed by atoms with E-state index in [0.717, 1.165) is 6.07 Å². The van der Waals surface area contributed by atoms with Crippen LogP contribution in [0.1, 0.15) is 20.7 Å². The zero-order valence-corrected chi connectivity index (χ0v) is 18.8. The average molecular weight is 531 g/mol. The molecule has 0 aliphatic heterocycles. The van der Waals surface area contributed by atoms with Gasteiger partial charge in [-0.1, -0.05) is 24.3 Å². The van der Waals surface area contributed by atoms with Gasteiger partial charge in [-0.25, -0.2) is 4.79 Å². The molecule has 3 aromatic carbocycles. The monoisotopic (exact) mass is 531 g/mol. The SMILES string of the molecule is O=C(O)c1cc(C(=O)Nc2cccc3cccc(S(=O)(=O)O)c23)c(S(=O)(=O)O)cc1S(=O)(=O)O. The fourth-order valence-corrected chi connectivity index (χ4v) is 5.35. The predicted molar refractivity (Wildman–Crippen MR) is 115 cm³/mol. The molecule has 0 saturated heterocycles. The van der Waals surface area contributed by atoms with Crippen LogP contribution in [0, 0.1) is 0 Å². The van der Waals surface area contributed by atoms with Crippen LogP contribution in [0.4, 0.5) is 5.69 Å². The topological polar surface area (TPSA) is 230 Å². The molecule has 0 unspecified atom stereocenters. The van der Waals surface area contributed by atoms with Crippen LogP contribution in [-0.2, 0) is 30.4 Å². The molecule has 0 spiro atoms. The molecule has 0 heterocycles. The molecule has 0 fully saturated rings. The molecule has 0 aliphatic rings. The maximum Gasteiger partial charge on any atom is 0.337 e. The number of benzene rings is 3. The molecule has 5 N–H and O–H groups in total. The number of carboxylic acids is 1. The van der Waals surface area contributed by atoms with Crippen molar-refractivity contribution in [2.24, 2.45) is 0 Å². The number of fused-ring (bicyclic) bond motifs is 1. The standard InChI is InChI=1S/C18H13NO12S3/c20-17(19-12-5-1-3-9-4-2-6-13(16(9)12)32(23,24)25)10-7-11(18(21)22)15(34(29,30)31)8-14(10)33(26,27)28/h1-8H,(H,19,20)(H,21,22)(H,23,24,25)(H,26,27,28)(H,29,30,31). The molecule has 180 valence electrons. The van der Waals surface area contributed by atoms with E-state index in [1.54, 1.807) is 0 Å². The Balaban J connectivity index is 2.29. The van der Waals surface area contributed by atoms with E-state index in [4.69, 9.17) is 0 Å². The van der Waals surface area contributed by atoms with Gasteiger partial charge in [0.2, 0.25) is 0 Å². The second kappa shape index (κ2) is 8.42. The van der Waals surface area contributed by atoms with Crippen molar-refractivity contribution in [3.63, 3.8) is 0 Å². The van der Waals surface area contributed by atoms with Gasteiger partial charge >= 0.3 is 5.97 Å². The summed E-state index contributed by atoms with van der Waals surface area (Å²) in [5.41, 5.74) is -2.47. The van der Waals surface area contributed by atoms with Crippen LogP contribution in [0.3, 0.4) is 0 Å². The quantitative estimate of drug-likeness (QED) is 0.285. The smallest absolute Gasteiger partial charge is 0.337 e. The fraction of sp³-hybridized carbons (Fsp3) is 0. The number of anilines is 1. The first-order valence-corrected chi connectivity index (χ1v) is 13.0. The first-order valence-electron chi connectivity index (χ1n) is 8.68. The van der Waals surface area contributed by atoms with E-state index < -0.39 is 68.0 Å². The molecule has 13 nitrogen and oxygen atoms in total. The highest BCUT2D eigenvalue weighted by Crippen LogP contribution is 2.31. The minimum Gasteiger partial charge on any atom is -0.478 e. The molecule has 1 amide bonds. The third-order valence-corrected chi connectivity index (χ3v) is 7.19. The number of nitrogens with one attached hydrogen (secondary N) is 1. The Hall–Kier alpha value is -3.41. The predicted octanol–water partition coefficient (Wildman–Crippen LogP) is 1.53. The van der Waals surface area contributed by atoms with E-state index in [9.17, 15) is 53.6 Å². The number of rotatable bonds is 6. The van der Waals surface area contributed by atoms with Crippen molar-refractivity contribution in [3.05, 3.63) is 59.7 Å². The van der Waals surface area contributed by atoms with Crippen molar-refractivity contribution < 1.29 is 53.6 Å². The summed E-state index contributed by atoms with van der Waals surface area (Å²) in [7, 11) is -15.4. The summed E-state index contributed by atoms with van der Waals surface area (Å²) in [5.74, 6) is -3.35. The summed E-state index contributed by atoms with van der Waals surface area (Å²) < 4.78 is 98.5. The fourth-order valence-electron chi connectivity index (χ4n) is 3.15. The van der Waals surface area contributed by atoms with E-state index in [1.807, 2.05) is 0 Å². The van der Waals surface area contributed by atoms with Gasteiger partial charge in [-0.3, -0.25) is 18.5 Å². The Morgan fingerprint density at radius 1 is 0.676 bits per heavy atom. The van der Waals surface area contributed by atoms with Crippen LogP contribution in [0.2, 0.25) is 0 Å². The van der Waals surface area contributed by atoms with E-state index >= 15 is 0 Å². The largest absolute Gasteiger partial charge is 0.478 e. The Morgan fingerprint density at radius 3 is 1.68 bits per heavy atom. The summed E-state index contributed by atoms with van der Waals surface area (Å²) in [6, 6.07) is 8.17. The van der Waals surface area contributed by atoms with Crippen LogP contribution in [0.15, 0.2) is 63.2 Å². The molecule has 0 saturated carbocycles. The normalized spacial score (nSPS) is 12.4. The van der Waals surface area contributed by atoms with E-state index in [2.05, 4.69) is 5.32 Å². The van der Waals surface area contributed by atoms with Gasteiger partial charge in [0, 0.05) is 5.39 Å². The minimum atomic E-state index is -5.34. The van der Waals surface area contributed by atoms with Gasteiger partial charge in [0.05, 0.1) is 16.8 Å². The zero-order chi connectivity index (χ0) is 25.6. The lowest BCUT2D eigenvalue weighted by molar-refractivity contribution is 0.0692. The molecule has 0 radical (unpaired) electrons. The lowest BCUT2D eigenvalue weighted by Crippen LogP contribution is -2.20. The number of carboxylic acid groups (broad SMARTS) is 1. The molecule has 3 rings (SSSR count). The van der Waals surface area contributed by atoms with Crippen molar-refractivity contribution >= 4 is 58.7 Å². The first-order chi connectivity index (χ1) is 15.5. The lowest BCUT2D eigenvalue weighted by atomic mass is 10.1. The van der Waals surface area contributed by atoms with Gasteiger partial charge in [-0.05, 0) is 29.7 Å². The Bertz CT molecular complexity index is 1690. The molecule has 0 aliphatic carbocycles. The van der Waals surface area contributed by atoms with Crippen LogP contribution in [0.25, 0.3) is 10.8 Å². The average Bonchev–Trinajstić information content (AvgIpc) is 2.70. The summed E-state index contributed by atoms with van der Waals surface area (Å²) >= 11 is 0. The van der Waals surface area contributed by atoms with E-state index in [-0.39, 0.29) is 22.5 Å². The number of carbonyl (C=O) groups is 2. The Morgan fingerprint density at radius 2 is 1.18 bits per heavy atom. The van der Waals surface area contributed by atoms with Gasteiger partial charge in [0.15, 0.2) is 0 Å². The zero-order valence-electron chi connectivity index (χ0n) is 16.4. The van der Waals surface area contributed by atoms with Gasteiger partial charge in [-0.2, -0.15) is 25.3 Å². The second-order valence-corrected chi connectivity index (χ2v) is 10.9. The molecule has 3 aromatic rings. The lowest BCUT2D eigenvalue weighted by Gasteiger charge is -2.14. The Labute approximate surface area is 191 Å². The summed E-state index contributed by atoms with van der Waals surface area (Å²) in [5, 5.41) is 11.5. The number of hydrogen-bond donors (Lipinski definition) is 5. The Kier molecular flexibility index (Phi) is 6.25. The van der Waals surface area contributed by atoms with Crippen molar-refractivity contribution in [3.8, 4) is 0 Å². The third-order valence-electron chi connectivity index (χ3n) is 4.51. The molecule has 0 atom stereocenters. The van der Waals surface area contributed by atoms with Crippen molar-refractivity contribution in [1.82, 2.24) is 0 Å². The van der Waals surface area contributed by atoms with E-state index in [0.29, 0.717) is 6.07 Å². The molecular formula is C18H13NO12S3. The third kappa shape index (κ3) is 4.91. The highest BCUT2D eigenvalue weighted by molar-refractivity contribution is 7.87. The van der Waals surface area contributed by atoms with Crippen molar-refractivity contribution in [2.75, 3.05) is 5.32 Å². The van der Waals surface area contributed by atoms with Gasteiger partial charge in [-0.15, -0.1) is 0 Å². The summed E-state index contributed by atoms with van der Waals surface area (Å²) in [6.45, 7) is 0. The van der Waals surface area contributed by atoms with E-state index in [1.165, 1.54) is 30.3 Å². The maximum atomic E-state index is 12.9. The molecule has 0 aromatic heterocycles. The number of aromatic carboxylic acids is 1. The first kappa shape index (κ1) is 25.2. The highest BCUT2D eigenvalue weighted by Gasteiger charge is 2.30. The van der Waals surface area contributed by atoms with Crippen LogP contribution >= 0.6 is 0 Å². The molecule has 0 bridgehead atoms. The summed E-state index contributed by atoms with van der Waals surface area (Å²) in [6.07, 6.45) is 0. The molecule has 16 heteroatoms. The number of hydrogen-bond acceptors (Lipinski definition) is 8.